The Labute approximate surface area is 165 Å². The van der Waals surface area contributed by atoms with Crippen LogP contribution in [0.15, 0.2) is 35.4 Å². The largest absolute Gasteiger partial charge is 0.493 e. The quantitative estimate of drug-likeness (QED) is 0.502. The lowest BCUT2D eigenvalue weighted by Gasteiger charge is -2.23. The summed E-state index contributed by atoms with van der Waals surface area (Å²) in [5.74, 6) is -0.502. The number of nitrogens with zero attached hydrogens (tertiary/aromatic N) is 2. The highest BCUT2D eigenvalue weighted by molar-refractivity contribution is 6.14. The fourth-order valence-electron chi connectivity index (χ4n) is 3.92. The van der Waals surface area contributed by atoms with Crippen LogP contribution in [0.5, 0.6) is 11.5 Å². The van der Waals surface area contributed by atoms with Crippen molar-refractivity contribution >= 4 is 38.7 Å². The SMILES string of the molecule is COc1cc2c(=O)n([C@H](C(=O)O)C(C)C)c3c4cc[nH]c4ncc3c2cc1OC. The van der Waals surface area contributed by atoms with Crippen LogP contribution in [0.3, 0.4) is 0 Å². The molecule has 0 bridgehead atoms. The predicted octanol–water partition coefficient (Wildman–Crippen LogP) is 3.33. The Morgan fingerprint density at radius 3 is 2.34 bits per heavy atom. The number of carbonyl (C=O) groups is 1. The summed E-state index contributed by atoms with van der Waals surface area (Å²) in [6.45, 7) is 3.57. The van der Waals surface area contributed by atoms with E-state index in [-0.39, 0.29) is 5.92 Å². The minimum atomic E-state index is -1.07. The first-order valence-corrected chi connectivity index (χ1v) is 9.17. The molecule has 29 heavy (non-hydrogen) atoms. The number of carboxylic acids is 1. The molecule has 0 aliphatic heterocycles. The van der Waals surface area contributed by atoms with Crippen molar-refractivity contribution < 1.29 is 19.4 Å². The van der Waals surface area contributed by atoms with E-state index >= 15 is 0 Å². The molecule has 1 aromatic carbocycles. The van der Waals surface area contributed by atoms with Gasteiger partial charge in [0.25, 0.3) is 5.56 Å². The normalized spacial score (nSPS) is 12.7. The first-order valence-electron chi connectivity index (χ1n) is 9.17. The molecule has 3 aromatic heterocycles. The van der Waals surface area contributed by atoms with Crippen LogP contribution in [0.1, 0.15) is 19.9 Å². The number of H-pyrrole nitrogens is 1. The second-order valence-corrected chi connectivity index (χ2v) is 7.22. The van der Waals surface area contributed by atoms with Gasteiger partial charge in [-0.1, -0.05) is 13.8 Å². The number of pyridine rings is 2. The maximum Gasteiger partial charge on any atom is 0.327 e. The Morgan fingerprint density at radius 1 is 1.10 bits per heavy atom. The average molecular weight is 395 g/mol. The number of carboxylic acid groups (broad SMARTS) is 1. The van der Waals surface area contributed by atoms with Gasteiger partial charge in [-0.05, 0) is 24.1 Å². The van der Waals surface area contributed by atoms with E-state index in [2.05, 4.69) is 9.97 Å². The van der Waals surface area contributed by atoms with Crippen molar-refractivity contribution in [1.82, 2.24) is 14.5 Å². The minimum Gasteiger partial charge on any atom is -0.493 e. The molecule has 150 valence electrons. The van der Waals surface area contributed by atoms with Crippen molar-refractivity contribution in [2.45, 2.75) is 19.9 Å². The van der Waals surface area contributed by atoms with Gasteiger partial charge in [0.05, 0.1) is 25.1 Å². The van der Waals surface area contributed by atoms with Crippen LogP contribution in [-0.2, 0) is 4.79 Å². The molecule has 0 aliphatic rings. The summed E-state index contributed by atoms with van der Waals surface area (Å²) in [7, 11) is 3.01. The number of ether oxygens (including phenoxy) is 2. The summed E-state index contributed by atoms with van der Waals surface area (Å²) in [6.07, 6.45) is 3.37. The molecule has 0 unspecified atom stereocenters. The molecule has 0 saturated carbocycles. The number of rotatable bonds is 5. The molecule has 8 heteroatoms. The van der Waals surface area contributed by atoms with E-state index in [1.54, 1.807) is 44.4 Å². The molecule has 2 N–H and O–H groups in total. The fraction of sp³-hybridized carbons (Fsp3) is 0.286. The van der Waals surface area contributed by atoms with Gasteiger partial charge < -0.3 is 19.6 Å². The second kappa shape index (κ2) is 6.80. The number of methoxy groups -OCH3 is 2. The molecule has 0 amide bonds. The van der Waals surface area contributed by atoms with Crippen LogP contribution in [0, 0.1) is 5.92 Å². The molecule has 1 atom stereocenters. The van der Waals surface area contributed by atoms with E-state index in [4.69, 9.17) is 9.47 Å². The number of aliphatic carboxylic acids is 1. The number of nitrogens with one attached hydrogen (secondary N) is 1. The molecule has 0 fully saturated rings. The van der Waals surface area contributed by atoms with Crippen molar-refractivity contribution in [2.24, 2.45) is 5.92 Å². The zero-order valence-electron chi connectivity index (χ0n) is 16.5. The maximum atomic E-state index is 13.6. The van der Waals surface area contributed by atoms with Crippen LogP contribution in [0.4, 0.5) is 0 Å². The summed E-state index contributed by atoms with van der Waals surface area (Å²) in [5, 5.41) is 12.3. The number of aromatic amines is 1. The number of aromatic nitrogens is 3. The molecule has 4 rings (SSSR count). The second-order valence-electron chi connectivity index (χ2n) is 7.22. The van der Waals surface area contributed by atoms with Crippen molar-refractivity contribution in [3.8, 4) is 11.5 Å². The summed E-state index contributed by atoms with van der Waals surface area (Å²) in [4.78, 5) is 33.2. The standard InChI is InChI=1S/C21H21N3O5/c1-10(2)17(21(26)27)24-18-11-5-6-22-19(11)23-9-14(18)12-7-15(28-3)16(29-4)8-13(12)20(24)25/h5-10,17H,1-4H3,(H,22,23)(H,26,27)/t17-/m0/s1. The van der Waals surface area contributed by atoms with E-state index in [1.165, 1.54) is 18.8 Å². The van der Waals surface area contributed by atoms with Crippen LogP contribution < -0.4 is 15.0 Å². The highest BCUT2D eigenvalue weighted by Gasteiger charge is 2.29. The maximum absolute atomic E-state index is 13.6. The average Bonchev–Trinajstić information content (AvgIpc) is 3.17. The summed E-state index contributed by atoms with van der Waals surface area (Å²) in [6, 6.07) is 4.08. The summed E-state index contributed by atoms with van der Waals surface area (Å²) < 4.78 is 12.1. The van der Waals surface area contributed by atoms with E-state index in [0.717, 1.165) is 0 Å². The monoisotopic (exact) mass is 395 g/mol. The van der Waals surface area contributed by atoms with Gasteiger partial charge in [-0.3, -0.25) is 9.36 Å². The van der Waals surface area contributed by atoms with Gasteiger partial charge in [-0.2, -0.15) is 0 Å². The number of benzene rings is 1. The Hall–Kier alpha value is -3.55. The predicted molar refractivity (Wildman–Crippen MR) is 110 cm³/mol. The fourth-order valence-corrected chi connectivity index (χ4v) is 3.92. The zero-order valence-corrected chi connectivity index (χ0v) is 16.5. The Bertz CT molecular complexity index is 1320. The van der Waals surface area contributed by atoms with E-state index < -0.39 is 17.6 Å². The topological polar surface area (TPSA) is 106 Å². The number of hydrogen-bond donors (Lipinski definition) is 2. The lowest BCUT2D eigenvalue weighted by atomic mass is 10.00. The van der Waals surface area contributed by atoms with Gasteiger partial charge in [-0.25, -0.2) is 9.78 Å². The smallest absolute Gasteiger partial charge is 0.327 e. The zero-order chi connectivity index (χ0) is 20.9. The van der Waals surface area contributed by atoms with Gasteiger partial charge in [0.15, 0.2) is 11.5 Å². The van der Waals surface area contributed by atoms with Gasteiger partial charge in [0, 0.05) is 28.6 Å². The molecule has 3 heterocycles. The van der Waals surface area contributed by atoms with Gasteiger partial charge in [0.1, 0.15) is 11.7 Å². The van der Waals surface area contributed by atoms with Crippen molar-refractivity contribution in [1.29, 1.82) is 0 Å². The van der Waals surface area contributed by atoms with Crippen LogP contribution in [-0.4, -0.2) is 39.8 Å². The Balaban J connectivity index is 2.31. The van der Waals surface area contributed by atoms with Gasteiger partial charge in [0.2, 0.25) is 0 Å². The molecular formula is C21H21N3O5. The lowest BCUT2D eigenvalue weighted by molar-refractivity contribution is -0.142. The molecule has 8 nitrogen and oxygen atoms in total. The molecule has 0 spiro atoms. The molecule has 0 aliphatic carbocycles. The first-order chi connectivity index (χ1) is 13.9. The minimum absolute atomic E-state index is 0.312. The van der Waals surface area contributed by atoms with Crippen molar-refractivity contribution in [2.75, 3.05) is 14.2 Å². The molecular weight excluding hydrogens is 374 g/mol. The van der Waals surface area contributed by atoms with Gasteiger partial charge >= 0.3 is 5.97 Å². The highest BCUT2D eigenvalue weighted by atomic mass is 16.5. The van der Waals surface area contributed by atoms with E-state index in [0.29, 0.717) is 44.2 Å². The molecule has 0 saturated heterocycles. The van der Waals surface area contributed by atoms with Crippen LogP contribution >= 0.6 is 0 Å². The lowest BCUT2D eigenvalue weighted by Crippen LogP contribution is -2.33. The van der Waals surface area contributed by atoms with Gasteiger partial charge in [-0.15, -0.1) is 0 Å². The third-order valence-electron chi connectivity index (χ3n) is 5.22. The van der Waals surface area contributed by atoms with Crippen LogP contribution in [0.2, 0.25) is 0 Å². The van der Waals surface area contributed by atoms with Crippen molar-refractivity contribution in [3.05, 3.63) is 40.9 Å². The number of fused-ring (bicyclic) bond motifs is 5. The summed E-state index contributed by atoms with van der Waals surface area (Å²) in [5.41, 5.74) is 0.712. The van der Waals surface area contributed by atoms with Crippen molar-refractivity contribution in [3.63, 3.8) is 0 Å². The first kappa shape index (κ1) is 18.8. The molecule has 0 radical (unpaired) electrons. The van der Waals surface area contributed by atoms with E-state index in [1.807, 2.05) is 0 Å². The summed E-state index contributed by atoms with van der Waals surface area (Å²) >= 11 is 0. The Kier molecular flexibility index (Phi) is 4.41. The van der Waals surface area contributed by atoms with E-state index in [9.17, 15) is 14.7 Å². The Morgan fingerprint density at radius 2 is 1.76 bits per heavy atom. The molecule has 4 aromatic rings. The highest BCUT2D eigenvalue weighted by Crippen LogP contribution is 2.37. The van der Waals surface area contributed by atoms with Crippen LogP contribution in [0.25, 0.3) is 32.7 Å². The third kappa shape index (κ3) is 2.71. The number of hydrogen-bond acceptors (Lipinski definition) is 5. The third-order valence-corrected chi connectivity index (χ3v) is 5.22.